The topological polar surface area (TPSA) is 73.2 Å². The van der Waals surface area contributed by atoms with Gasteiger partial charge in [-0.3, -0.25) is 0 Å². The van der Waals surface area contributed by atoms with E-state index in [4.69, 9.17) is 4.74 Å². The normalized spacial score (nSPS) is 13.7. The van der Waals surface area contributed by atoms with Crippen LogP contribution in [0.4, 0.5) is 0 Å². The van der Waals surface area contributed by atoms with Crippen LogP contribution in [0.15, 0.2) is 11.2 Å². The van der Waals surface area contributed by atoms with Crippen molar-refractivity contribution < 1.29 is 13.2 Å². The third-order valence-electron chi connectivity index (χ3n) is 2.72. The summed E-state index contributed by atoms with van der Waals surface area (Å²) in [5, 5.41) is 0.758. The number of sulfonamides is 1. The lowest BCUT2D eigenvalue weighted by molar-refractivity contribution is 0.173. The highest BCUT2D eigenvalue weighted by Gasteiger charge is 2.23. The van der Waals surface area contributed by atoms with Gasteiger partial charge >= 0.3 is 0 Å². The maximum atomic E-state index is 12.2. The van der Waals surface area contributed by atoms with E-state index in [-0.39, 0.29) is 11.1 Å². The predicted octanol–water partition coefficient (Wildman–Crippen LogP) is 1.29. The number of hydrogen-bond acceptors (Lipinski definition) is 4. The SMILES string of the molecule is CCn1cc(S(=O)(=O)NC(CCBr)COC)nc1C. The smallest absolute Gasteiger partial charge is 0.259 e. The Balaban J connectivity index is 2.89. The number of aryl methyl sites for hydroxylation is 2. The summed E-state index contributed by atoms with van der Waals surface area (Å²) in [5.41, 5.74) is 0. The minimum atomic E-state index is -3.60. The molecule has 1 atom stereocenters. The number of aromatic nitrogens is 2. The summed E-state index contributed by atoms with van der Waals surface area (Å²) in [5.74, 6) is 0.687. The van der Waals surface area contributed by atoms with Crippen LogP contribution in [0.1, 0.15) is 19.2 Å². The number of hydrogen-bond donors (Lipinski definition) is 1. The molecule has 0 spiro atoms. The van der Waals surface area contributed by atoms with Gasteiger partial charge in [0.05, 0.1) is 6.61 Å². The second-order valence-electron chi connectivity index (χ2n) is 4.16. The zero-order chi connectivity index (χ0) is 14.5. The molecule has 0 aliphatic heterocycles. The number of ether oxygens (including phenoxy) is 1. The van der Waals surface area contributed by atoms with E-state index < -0.39 is 10.0 Å². The standard InChI is InChI=1S/C11H20BrN3O3S/c1-4-15-7-11(13-9(15)2)19(16,17)14-10(5-6-12)8-18-3/h7,10,14H,4-6,8H2,1-3H3. The van der Waals surface area contributed by atoms with Gasteiger partial charge < -0.3 is 9.30 Å². The molecule has 0 aliphatic carbocycles. The fourth-order valence-corrected chi connectivity index (χ4v) is 3.53. The molecule has 0 aromatic carbocycles. The third kappa shape index (κ3) is 4.55. The van der Waals surface area contributed by atoms with Crippen molar-refractivity contribution in [2.45, 2.75) is 37.9 Å². The van der Waals surface area contributed by atoms with Gasteiger partial charge in [-0.2, -0.15) is 0 Å². The molecular weight excluding hydrogens is 334 g/mol. The van der Waals surface area contributed by atoms with Gasteiger partial charge in [0, 0.05) is 31.2 Å². The summed E-state index contributed by atoms with van der Waals surface area (Å²) in [6.07, 6.45) is 2.20. The van der Waals surface area contributed by atoms with Crippen molar-refractivity contribution in [3.8, 4) is 0 Å². The van der Waals surface area contributed by atoms with Crippen molar-refractivity contribution >= 4 is 26.0 Å². The van der Waals surface area contributed by atoms with E-state index in [2.05, 4.69) is 25.6 Å². The number of alkyl halides is 1. The van der Waals surface area contributed by atoms with Crippen LogP contribution >= 0.6 is 15.9 Å². The Hall–Kier alpha value is -0.440. The van der Waals surface area contributed by atoms with Crippen LogP contribution in [0.2, 0.25) is 0 Å². The number of halogens is 1. The average Bonchev–Trinajstić information content (AvgIpc) is 2.71. The molecule has 6 nitrogen and oxygen atoms in total. The monoisotopic (exact) mass is 353 g/mol. The van der Waals surface area contributed by atoms with Crippen LogP contribution in [0.25, 0.3) is 0 Å². The van der Waals surface area contributed by atoms with E-state index in [1.165, 1.54) is 0 Å². The Morgan fingerprint density at radius 1 is 1.58 bits per heavy atom. The van der Waals surface area contributed by atoms with Crippen LogP contribution in [-0.4, -0.2) is 43.1 Å². The Bertz CT molecular complexity index is 495. The average molecular weight is 354 g/mol. The Labute approximate surface area is 122 Å². The van der Waals surface area contributed by atoms with Crippen molar-refractivity contribution in [2.24, 2.45) is 0 Å². The Morgan fingerprint density at radius 2 is 2.26 bits per heavy atom. The molecule has 0 fully saturated rings. The number of nitrogens with zero attached hydrogens (tertiary/aromatic N) is 2. The molecule has 1 N–H and O–H groups in total. The molecule has 0 saturated carbocycles. The first-order valence-electron chi connectivity index (χ1n) is 6.05. The summed E-state index contributed by atoms with van der Waals surface area (Å²) < 4.78 is 33.9. The van der Waals surface area contributed by atoms with E-state index in [9.17, 15) is 8.42 Å². The molecule has 0 radical (unpaired) electrons. The van der Waals surface area contributed by atoms with Crippen molar-refractivity contribution in [3.05, 3.63) is 12.0 Å². The van der Waals surface area contributed by atoms with Gasteiger partial charge in [-0.1, -0.05) is 15.9 Å². The Kier molecular flexibility index (Phi) is 6.45. The van der Waals surface area contributed by atoms with E-state index in [1.54, 1.807) is 24.8 Å². The van der Waals surface area contributed by atoms with Crippen LogP contribution in [-0.2, 0) is 21.3 Å². The second-order valence-corrected chi connectivity index (χ2v) is 6.62. The molecule has 1 heterocycles. The number of rotatable bonds is 8. The van der Waals surface area contributed by atoms with Gasteiger partial charge in [0.2, 0.25) is 0 Å². The fourth-order valence-electron chi connectivity index (χ4n) is 1.72. The molecule has 19 heavy (non-hydrogen) atoms. The van der Waals surface area contributed by atoms with Gasteiger partial charge in [-0.15, -0.1) is 0 Å². The molecule has 1 aromatic rings. The van der Waals surface area contributed by atoms with Crippen molar-refractivity contribution in [1.82, 2.24) is 14.3 Å². The van der Waals surface area contributed by atoms with Gasteiger partial charge in [0.25, 0.3) is 10.0 Å². The van der Waals surface area contributed by atoms with Crippen molar-refractivity contribution in [1.29, 1.82) is 0 Å². The number of nitrogens with one attached hydrogen (secondary N) is 1. The highest BCUT2D eigenvalue weighted by atomic mass is 79.9. The molecule has 0 amide bonds. The Morgan fingerprint density at radius 3 is 2.74 bits per heavy atom. The zero-order valence-corrected chi connectivity index (χ0v) is 13.8. The van der Waals surface area contributed by atoms with Gasteiger partial charge in [0.1, 0.15) is 5.82 Å². The summed E-state index contributed by atoms with van der Waals surface area (Å²) in [6.45, 7) is 4.75. The summed E-state index contributed by atoms with van der Waals surface area (Å²) in [7, 11) is -2.05. The van der Waals surface area contributed by atoms with Crippen LogP contribution in [0, 0.1) is 6.92 Å². The maximum absolute atomic E-state index is 12.2. The lowest BCUT2D eigenvalue weighted by Crippen LogP contribution is -2.38. The summed E-state index contributed by atoms with van der Waals surface area (Å²) in [4.78, 5) is 4.09. The second kappa shape index (κ2) is 7.37. The van der Waals surface area contributed by atoms with E-state index in [0.29, 0.717) is 30.7 Å². The van der Waals surface area contributed by atoms with Crippen molar-refractivity contribution in [2.75, 3.05) is 19.0 Å². The molecule has 8 heteroatoms. The van der Waals surface area contributed by atoms with E-state index in [1.807, 2.05) is 6.92 Å². The molecule has 0 saturated heterocycles. The first kappa shape index (κ1) is 16.6. The summed E-state index contributed by atoms with van der Waals surface area (Å²) in [6, 6.07) is -0.263. The molecule has 0 aliphatic rings. The molecular formula is C11H20BrN3O3S. The van der Waals surface area contributed by atoms with Crippen LogP contribution in [0.3, 0.4) is 0 Å². The largest absolute Gasteiger partial charge is 0.383 e. The zero-order valence-electron chi connectivity index (χ0n) is 11.4. The minimum absolute atomic E-state index is 0.0579. The first-order valence-corrected chi connectivity index (χ1v) is 8.66. The molecule has 1 rings (SSSR count). The fraction of sp³-hybridized carbons (Fsp3) is 0.727. The lowest BCUT2D eigenvalue weighted by atomic mass is 10.3. The molecule has 0 bridgehead atoms. The van der Waals surface area contributed by atoms with E-state index >= 15 is 0 Å². The van der Waals surface area contributed by atoms with E-state index in [0.717, 1.165) is 0 Å². The third-order valence-corrected chi connectivity index (χ3v) is 4.57. The van der Waals surface area contributed by atoms with Gasteiger partial charge in [0.15, 0.2) is 5.03 Å². The van der Waals surface area contributed by atoms with Gasteiger partial charge in [-0.05, 0) is 20.3 Å². The predicted molar refractivity (Wildman–Crippen MR) is 77.0 cm³/mol. The van der Waals surface area contributed by atoms with Crippen molar-refractivity contribution in [3.63, 3.8) is 0 Å². The highest BCUT2D eigenvalue weighted by molar-refractivity contribution is 9.09. The molecule has 1 unspecified atom stereocenters. The molecule has 110 valence electrons. The quantitative estimate of drug-likeness (QED) is 0.714. The highest BCUT2D eigenvalue weighted by Crippen LogP contribution is 2.11. The first-order chi connectivity index (χ1) is 8.94. The number of methoxy groups -OCH3 is 1. The van der Waals surface area contributed by atoms with Crippen LogP contribution < -0.4 is 4.72 Å². The lowest BCUT2D eigenvalue weighted by Gasteiger charge is -2.15. The maximum Gasteiger partial charge on any atom is 0.259 e. The van der Waals surface area contributed by atoms with Gasteiger partial charge in [-0.25, -0.2) is 18.1 Å². The van der Waals surface area contributed by atoms with Crippen LogP contribution in [0.5, 0.6) is 0 Å². The summed E-state index contributed by atoms with van der Waals surface area (Å²) >= 11 is 3.30. The minimum Gasteiger partial charge on any atom is -0.383 e. The number of imidazole rings is 1. The molecule has 1 aromatic heterocycles.